The zero-order valence-electron chi connectivity index (χ0n) is 9.91. The number of benzene rings is 1. The molecule has 0 radical (unpaired) electrons. The summed E-state index contributed by atoms with van der Waals surface area (Å²) >= 11 is 0. The fourth-order valence-corrected chi connectivity index (χ4v) is 2.56. The van der Waals surface area contributed by atoms with Crippen LogP contribution in [-0.2, 0) is 6.54 Å². The standard InChI is InChI=1S/C14H22N2/c15-11-16-10-12-6-8-14(9-7-12)13-4-2-1-3-5-13/h6-9,13,16H,1-5,10-11,15H2. The van der Waals surface area contributed by atoms with Gasteiger partial charge in [-0.15, -0.1) is 0 Å². The molecule has 0 heterocycles. The summed E-state index contributed by atoms with van der Waals surface area (Å²) < 4.78 is 0. The number of hydrogen-bond acceptors (Lipinski definition) is 2. The highest BCUT2D eigenvalue weighted by molar-refractivity contribution is 5.25. The second-order valence-corrected chi connectivity index (χ2v) is 4.71. The normalized spacial score (nSPS) is 17.6. The van der Waals surface area contributed by atoms with Gasteiger partial charge in [-0.05, 0) is 29.9 Å². The molecular formula is C14H22N2. The van der Waals surface area contributed by atoms with Crippen molar-refractivity contribution in [3.05, 3.63) is 35.4 Å². The van der Waals surface area contributed by atoms with Crippen molar-refractivity contribution >= 4 is 0 Å². The maximum absolute atomic E-state index is 5.41. The van der Waals surface area contributed by atoms with Gasteiger partial charge in [-0.2, -0.15) is 0 Å². The summed E-state index contributed by atoms with van der Waals surface area (Å²) in [6.07, 6.45) is 6.98. The van der Waals surface area contributed by atoms with E-state index in [1.54, 1.807) is 0 Å². The van der Waals surface area contributed by atoms with Crippen molar-refractivity contribution in [1.29, 1.82) is 0 Å². The van der Waals surface area contributed by atoms with E-state index < -0.39 is 0 Å². The highest BCUT2D eigenvalue weighted by Crippen LogP contribution is 2.32. The molecular weight excluding hydrogens is 196 g/mol. The summed E-state index contributed by atoms with van der Waals surface area (Å²) in [6.45, 7) is 1.42. The number of rotatable bonds is 4. The first-order chi connectivity index (χ1) is 7.90. The van der Waals surface area contributed by atoms with Gasteiger partial charge in [-0.25, -0.2) is 0 Å². The van der Waals surface area contributed by atoms with Crippen molar-refractivity contribution < 1.29 is 0 Å². The predicted molar refractivity (Wildman–Crippen MR) is 68.2 cm³/mol. The van der Waals surface area contributed by atoms with Crippen LogP contribution in [0, 0.1) is 0 Å². The smallest absolute Gasteiger partial charge is 0.0431 e. The Bertz CT molecular complexity index is 299. The van der Waals surface area contributed by atoms with E-state index in [1.165, 1.54) is 43.2 Å². The molecule has 0 aromatic heterocycles. The van der Waals surface area contributed by atoms with Gasteiger partial charge in [0.05, 0.1) is 0 Å². The van der Waals surface area contributed by atoms with Crippen molar-refractivity contribution in [1.82, 2.24) is 5.32 Å². The maximum atomic E-state index is 5.41. The molecule has 1 aromatic carbocycles. The van der Waals surface area contributed by atoms with Crippen LogP contribution in [0.3, 0.4) is 0 Å². The lowest BCUT2D eigenvalue weighted by molar-refractivity contribution is 0.443. The molecule has 1 fully saturated rings. The van der Waals surface area contributed by atoms with Crippen LogP contribution in [0.4, 0.5) is 0 Å². The van der Waals surface area contributed by atoms with Gasteiger partial charge in [0.25, 0.3) is 0 Å². The predicted octanol–water partition coefficient (Wildman–Crippen LogP) is 2.74. The van der Waals surface area contributed by atoms with Gasteiger partial charge in [-0.1, -0.05) is 43.5 Å². The fraction of sp³-hybridized carbons (Fsp3) is 0.571. The third-order valence-corrected chi connectivity index (χ3v) is 3.53. The van der Waals surface area contributed by atoms with E-state index >= 15 is 0 Å². The zero-order valence-corrected chi connectivity index (χ0v) is 9.91. The first-order valence-corrected chi connectivity index (χ1v) is 6.40. The molecule has 1 saturated carbocycles. The molecule has 1 aliphatic carbocycles. The molecule has 0 amide bonds. The molecule has 2 nitrogen and oxygen atoms in total. The first-order valence-electron chi connectivity index (χ1n) is 6.40. The van der Waals surface area contributed by atoms with E-state index in [1.807, 2.05) is 0 Å². The van der Waals surface area contributed by atoms with Gasteiger partial charge in [0.2, 0.25) is 0 Å². The molecule has 0 saturated heterocycles. The quantitative estimate of drug-likeness (QED) is 0.763. The van der Waals surface area contributed by atoms with Crippen molar-refractivity contribution in [3.63, 3.8) is 0 Å². The Morgan fingerprint density at radius 2 is 1.75 bits per heavy atom. The van der Waals surface area contributed by atoms with Crippen LogP contribution in [0.5, 0.6) is 0 Å². The van der Waals surface area contributed by atoms with Gasteiger partial charge in [0, 0.05) is 13.2 Å². The molecule has 1 aromatic rings. The van der Waals surface area contributed by atoms with Gasteiger partial charge >= 0.3 is 0 Å². The topological polar surface area (TPSA) is 38.0 Å². The van der Waals surface area contributed by atoms with Crippen LogP contribution < -0.4 is 11.1 Å². The highest BCUT2D eigenvalue weighted by atomic mass is 14.9. The van der Waals surface area contributed by atoms with Crippen molar-refractivity contribution in [2.45, 2.75) is 44.6 Å². The molecule has 3 N–H and O–H groups in total. The molecule has 0 bridgehead atoms. The second-order valence-electron chi connectivity index (χ2n) is 4.71. The Morgan fingerprint density at radius 3 is 2.38 bits per heavy atom. The van der Waals surface area contributed by atoms with E-state index in [-0.39, 0.29) is 0 Å². The molecule has 0 unspecified atom stereocenters. The minimum absolute atomic E-state index is 0.546. The summed E-state index contributed by atoms with van der Waals surface area (Å²) in [5.74, 6) is 0.810. The molecule has 16 heavy (non-hydrogen) atoms. The average Bonchev–Trinajstić information content (AvgIpc) is 2.38. The maximum Gasteiger partial charge on any atom is 0.0431 e. The average molecular weight is 218 g/mol. The Hall–Kier alpha value is -0.860. The molecule has 0 atom stereocenters. The Kier molecular flexibility index (Phi) is 4.37. The molecule has 2 heteroatoms. The van der Waals surface area contributed by atoms with Crippen molar-refractivity contribution in [3.8, 4) is 0 Å². The van der Waals surface area contributed by atoms with Crippen LogP contribution in [-0.4, -0.2) is 6.67 Å². The molecule has 0 spiro atoms. The van der Waals surface area contributed by atoms with Gasteiger partial charge in [-0.3, -0.25) is 0 Å². The number of nitrogens with one attached hydrogen (secondary N) is 1. The Morgan fingerprint density at radius 1 is 1.06 bits per heavy atom. The first kappa shape index (κ1) is 11.6. The third kappa shape index (κ3) is 3.06. The van der Waals surface area contributed by atoms with Crippen LogP contribution in [0.15, 0.2) is 24.3 Å². The lowest BCUT2D eigenvalue weighted by Gasteiger charge is -2.22. The van der Waals surface area contributed by atoms with Crippen molar-refractivity contribution in [2.24, 2.45) is 5.73 Å². The van der Waals surface area contributed by atoms with Crippen LogP contribution >= 0.6 is 0 Å². The number of nitrogens with two attached hydrogens (primary N) is 1. The zero-order chi connectivity index (χ0) is 11.2. The molecule has 88 valence electrons. The van der Waals surface area contributed by atoms with E-state index in [0.717, 1.165) is 12.5 Å². The minimum atomic E-state index is 0.546. The van der Waals surface area contributed by atoms with Crippen LogP contribution in [0.2, 0.25) is 0 Å². The summed E-state index contributed by atoms with van der Waals surface area (Å²) in [5.41, 5.74) is 8.26. The van der Waals surface area contributed by atoms with Gasteiger partial charge in [0.15, 0.2) is 0 Å². The Labute approximate surface area is 98.2 Å². The summed E-state index contributed by atoms with van der Waals surface area (Å²) in [7, 11) is 0. The van der Waals surface area contributed by atoms with Crippen molar-refractivity contribution in [2.75, 3.05) is 6.67 Å². The second kappa shape index (κ2) is 6.02. The minimum Gasteiger partial charge on any atom is -0.318 e. The van der Waals surface area contributed by atoms with E-state index in [9.17, 15) is 0 Å². The molecule has 2 rings (SSSR count). The summed E-state index contributed by atoms with van der Waals surface area (Å²) in [6, 6.07) is 9.05. The van der Waals surface area contributed by atoms with Crippen LogP contribution in [0.1, 0.15) is 49.1 Å². The Balaban J connectivity index is 1.95. The van der Waals surface area contributed by atoms with Gasteiger partial charge in [0.1, 0.15) is 0 Å². The lowest BCUT2D eigenvalue weighted by atomic mass is 9.84. The monoisotopic (exact) mass is 218 g/mol. The number of hydrogen-bond donors (Lipinski definition) is 2. The lowest BCUT2D eigenvalue weighted by Crippen LogP contribution is -2.21. The van der Waals surface area contributed by atoms with E-state index in [0.29, 0.717) is 6.67 Å². The largest absolute Gasteiger partial charge is 0.318 e. The summed E-state index contributed by atoms with van der Waals surface area (Å²) in [5, 5.41) is 3.14. The van der Waals surface area contributed by atoms with Crippen LogP contribution in [0.25, 0.3) is 0 Å². The highest BCUT2D eigenvalue weighted by Gasteiger charge is 2.14. The summed E-state index contributed by atoms with van der Waals surface area (Å²) in [4.78, 5) is 0. The molecule has 0 aliphatic heterocycles. The van der Waals surface area contributed by atoms with E-state index in [4.69, 9.17) is 5.73 Å². The third-order valence-electron chi connectivity index (χ3n) is 3.53. The fourth-order valence-electron chi connectivity index (χ4n) is 2.56. The SMILES string of the molecule is NCNCc1ccc(C2CCCCC2)cc1. The van der Waals surface area contributed by atoms with E-state index in [2.05, 4.69) is 29.6 Å². The molecule has 1 aliphatic rings. The van der Waals surface area contributed by atoms with Gasteiger partial charge < -0.3 is 11.1 Å².